The van der Waals surface area contributed by atoms with Gasteiger partial charge in [-0.05, 0) is 31.8 Å². The fraction of sp³-hybridized carbons (Fsp3) is 0.714. The van der Waals surface area contributed by atoms with Crippen molar-refractivity contribution in [2.45, 2.75) is 19.8 Å². The quantitative estimate of drug-likeness (QED) is 0.652. The first-order chi connectivity index (χ1) is 9.56. The first kappa shape index (κ1) is 17.4. The lowest BCUT2D eigenvalue weighted by Gasteiger charge is -2.35. The Kier molecular flexibility index (Phi) is 7.43. The standard InChI is InChI=1S/C14H27N3O2S/c1-4-9-16(10-5-2)20(18,19)17-11-7-8-14(13-17)12-15-6-3/h4-5,14-15H,1-2,6-13H2,3H3. The Morgan fingerprint density at radius 2 is 2.00 bits per heavy atom. The zero-order chi connectivity index (χ0) is 15.0. The third kappa shape index (κ3) is 4.70. The largest absolute Gasteiger partial charge is 0.317 e. The average Bonchev–Trinajstić information content (AvgIpc) is 2.45. The van der Waals surface area contributed by atoms with Crippen LogP contribution in [0, 0.1) is 5.92 Å². The van der Waals surface area contributed by atoms with Crippen LogP contribution in [0.5, 0.6) is 0 Å². The molecule has 1 unspecified atom stereocenters. The fourth-order valence-corrected chi connectivity index (χ4v) is 4.14. The van der Waals surface area contributed by atoms with E-state index in [2.05, 4.69) is 25.4 Å². The van der Waals surface area contributed by atoms with E-state index in [0.717, 1.165) is 25.9 Å². The lowest BCUT2D eigenvalue weighted by molar-refractivity contribution is 0.247. The molecule has 0 saturated carbocycles. The van der Waals surface area contributed by atoms with Crippen molar-refractivity contribution in [3.63, 3.8) is 0 Å². The first-order valence-corrected chi connectivity index (χ1v) is 8.63. The van der Waals surface area contributed by atoms with E-state index in [9.17, 15) is 8.42 Å². The van der Waals surface area contributed by atoms with Gasteiger partial charge in [-0.2, -0.15) is 17.0 Å². The zero-order valence-corrected chi connectivity index (χ0v) is 13.2. The molecule has 1 aliphatic rings. The van der Waals surface area contributed by atoms with Crippen molar-refractivity contribution in [3.05, 3.63) is 25.3 Å². The molecule has 1 fully saturated rings. The molecule has 6 heteroatoms. The maximum atomic E-state index is 12.6. The minimum absolute atomic E-state index is 0.322. The highest BCUT2D eigenvalue weighted by Crippen LogP contribution is 2.20. The van der Waals surface area contributed by atoms with Gasteiger partial charge in [0.05, 0.1) is 0 Å². The van der Waals surface area contributed by atoms with Crippen LogP contribution in [0.2, 0.25) is 0 Å². The summed E-state index contributed by atoms with van der Waals surface area (Å²) in [6, 6.07) is 0. The van der Waals surface area contributed by atoms with Crippen molar-refractivity contribution >= 4 is 10.2 Å². The Morgan fingerprint density at radius 3 is 2.55 bits per heavy atom. The molecule has 116 valence electrons. The Hall–Kier alpha value is -0.690. The van der Waals surface area contributed by atoms with Gasteiger partial charge in [0.15, 0.2) is 0 Å². The highest BCUT2D eigenvalue weighted by molar-refractivity contribution is 7.86. The van der Waals surface area contributed by atoms with Crippen LogP contribution in [0.25, 0.3) is 0 Å². The number of nitrogens with one attached hydrogen (secondary N) is 1. The minimum Gasteiger partial charge on any atom is -0.317 e. The predicted molar refractivity (Wildman–Crippen MR) is 83.7 cm³/mol. The van der Waals surface area contributed by atoms with Crippen molar-refractivity contribution in [3.8, 4) is 0 Å². The molecule has 0 aromatic heterocycles. The van der Waals surface area contributed by atoms with Gasteiger partial charge in [0.1, 0.15) is 0 Å². The normalized spacial score (nSPS) is 21.0. The van der Waals surface area contributed by atoms with E-state index in [0.29, 0.717) is 32.1 Å². The van der Waals surface area contributed by atoms with Crippen LogP contribution in [-0.4, -0.2) is 56.3 Å². The molecule has 1 N–H and O–H groups in total. The van der Waals surface area contributed by atoms with Crippen LogP contribution in [0.3, 0.4) is 0 Å². The first-order valence-electron chi connectivity index (χ1n) is 7.24. The number of nitrogens with zero attached hydrogens (tertiary/aromatic N) is 2. The summed E-state index contributed by atoms with van der Waals surface area (Å²) in [7, 11) is -3.41. The molecule has 1 saturated heterocycles. The van der Waals surface area contributed by atoms with E-state index >= 15 is 0 Å². The minimum atomic E-state index is -3.41. The molecule has 1 rings (SSSR count). The highest BCUT2D eigenvalue weighted by Gasteiger charge is 2.32. The van der Waals surface area contributed by atoms with Crippen molar-refractivity contribution < 1.29 is 8.42 Å². The van der Waals surface area contributed by atoms with Crippen LogP contribution in [-0.2, 0) is 10.2 Å². The molecule has 0 amide bonds. The number of piperidine rings is 1. The summed E-state index contributed by atoms with van der Waals surface area (Å²) in [5.41, 5.74) is 0. The van der Waals surface area contributed by atoms with Gasteiger partial charge in [-0.15, -0.1) is 13.2 Å². The highest BCUT2D eigenvalue weighted by atomic mass is 32.2. The van der Waals surface area contributed by atoms with Gasteiger partial charge < -0.3 is 5.32 Å². The molecule has 1 atom stereocenters. The third-order valence-electron chi connectivity index (χ3n) is 3.48. The van der Waals surface area contributed by atoms with Crippen LogP contribution >= 0.6 is 0 Å². The predicted octanol–water partition coefficient (Wildman–Crippen LogP) is 1.23. The molecule has 1 aliphatic heterocycles. The van der Waals surface area contributed by atoms with Crippen molar-refractivity contribution in [2.24, 2.45) is 5.92 Å². The van der Waals surface area contributed by atoms with E-state index < -0.39 is 10.2 Å². The number of hydrogen-bond donors (Lipinski definition) is 1. The van der Waals surface area contributed by atoms with Gasteiger partial charge in [0, 0.05) is 26.2 Å². The van der Waals surface area contributed by atoms with E-state index in [1.54, 1.807) is 16.5 Å². The van der Waals surface area contributed by atoms with Crippen LogP contribution in [0.1, 0.15) is 19.8 Å². The van der Waals surface area contributed by atoms with Crippen molar-refractivity contribution in [1.82, 2.24) is 13.9 Å². The van der Waals surface area contributed by atoms with Crippen LogP contribution in [0.15, 0.2) is 25.3 Å². The van der Waals surface area contributed by atoms with Gasteiger partial charge in [0.25, 0.3) is 10.2 Å². The smallest absolute Gasteiger partial charge is 0.282 e. The number of rotatable bonds is 9. The summed E-state index contributed by atoms with van der Waals surface area (Å²) in [6.07, 6.45) is 5.23. The van der Waals surface area contributed by atoms with E-state index in [-0.39, 0.29) is 0 Å². The van der Waals surface area contributed by atoms with Crippen molar-refractivity contribution in [2.75, 3.05) is 39.3 Å². The SMILES string of the molecule is C=CCN(CC=C)S(=O)(=O)N1CCCC(CNCC)C1. The van der Waals surface area contributed by atoms with Gasteiger partial charge in [-0.3, -0.25) is 0 Å². The maximum absolute atomic E-state index is 12.6. The summed E-state index contributed by atoms with van der Waals surface area (Å²) in [6.45, 7) is 13.0. The van der Waals surface area contributed by atoms with Gasteiger partial charge in [-0.1, -0.05) is 19.1 Å². The molecule has 0 spiro atoms. The van der Waals surface area contributed by atoms with Gasteiger partial charge >= 0.3 is 0 Å². The Balaban J connectivity index is 2.73. The molecular weight excluding hydrogens is 274 g/mol. The summed E-state index contributed by atoms with van der Waals surface area (Å²) < 4.78 is 28.3. The average molecular weight is 301 g/mol. The topological polar surface area (TPSA) is 52.7 Å². The number of hydrogen-bond acceptors (Lipinski definition) is 3. The Bertz CT molecular complexity index is 399. The molecule has 1 heterocycles. The summed E-state index contributed by atoms with van der Waals surface area (Å²) >= 11 is 0. The molecular formula is C14H27N3O2S. The second-order valence-corrected chi connectivity index (χ2v) is 7.00. The Labute approximate surface area is 123 Å². The molecule has 0 aromatic rings. The molecule has 20 heavy (non-hydrogen) atoms. The summed E-state index contributed by atoms with van der Waals surface area (Å²) in [5, 5.41) is 3.30. The molecule has 0 radical (unpaired) electrons. The second-order valence-electron chi connectivity index (χ2n) is 5.08. The second kappa shape index (κ2) is 8.56. The van der Waals surface area contributed by atoms with Crippen LogP contribution in [0.4, 0.5) is 0 Å². The van der Waals surface area contributed by atoms with Gasteiger partial charge in [0.2, 0.25) is 0 Å². The Morgan fingerprint density at radius 1 is 1.35 bits per heavy atom. The summed E-state index contributed by atoms with van der Waals surface area (Å²) in [5.74, 6) is 0.396. The molecule has 5 nitrogen and oxygen atoms in total. The van der Waals surface area contributed by atoms with Gasteiger partial charge in [-0.25, -0.2) is 0 Å². The zero-order valence-electron chi connectivity index (χ0n) is 12.4. The molecule has 0 aromatic carbocycles. The lowest BCUT2D eigenvalue weighted by Crippen LogP contribution is -2.49. The lowest BCUT2D eigenvalue weighted by atomic mass is 10.00. The summed E-state index contributed by atoms with van der Waals surface area (Å²) in [4.78, 5) is 0. The van der Waals surface area contributed by atoms with E-state index in [4.69, 9.17) is 0 Å². The third-order valence-corrected chi connectivity index (χ3v) is 5.42. The maximum Gasteiger partial charge on any atom is 0.282 e. The van der Waals surface area contributed by atoms with Crippen LogP contribution < -0.4 is 5.32 Å². The van der Waals surface area contributed by atoms with E-state index in [1.165, 1.54) is 4.31 Å². The monoisotopic (exact) mass is 301 g/mol. The van der Waals surface area contributed by atoms with Crippen molar-refractivity contribution in [1.29, 1.82) is 0 Å². The molecule has 0 bridgehead atoms. The molecule has 0 aliphatic carbocycles. The fourth-order valence-electron chi connectivity index (χ4n) is 2.47. The van der Waals surface area contributed by atoms with E-state index in [1.807, 2.05) is 0 Å².